The largest absolute Gasteiger partial charge is 3.00 e. The van der Waals surface area contributed by atoms with Crippen molar-refractivity contribution in [2.45, 2.75) is 38.5 Å². The minimum absolute atomic E-state index is 0. The van der Waals surface area contributed by atoms with E-state index in [0.29, 0.717) is 72.5 Å². The van der Waals surface area contributed by atoms with Crippen LogP contribution in [0.15, 0.2) is 200 Å². The Labute approximate surface area is 455 Å². The number of hydrogen-bond donors (Lipinski definition) is 0. The van der Waals surface area contributed by atoms with Crippen molar-refractivity contribution < 1.29 is 84.8 Å². The summed E-state index contributed by atoms with van der Waals surface area (Å²) < 4.78 is 17.6. The van der Waals surface area contributed by atoms with E-state index in [1.807, 2.05) is 200 Å². The number of rotatable bonds is 9. The molecule has 0 amide bonds. The van der Waals surface area contributed by atoms with Gasteiger partial charge in [0.25, 0.3) is 0 Å². The molecule has 0 fully saturated rings. The molecule has 0 N–H and O–H groups in total. The van der Waals surface area contributed by atoms with Gasteiger partial charge in [0.2, 0.25) is 0 Å². The first kappa shape index (κ1) is 50.1. The van der Waals surface area contributed by atoms with Crippen molar-refractivity contribution in [2.75, 3.05) is 0 Å². The Morgan fingerprint density at radius 2 is 0.562 bits per heavy atom. The van der Waals surface area contributed by atoms with Crippen molar-refractivity contribution in [1.82, 2.24) is 0 Å². The molecule has 3 aliphatic rings. The fraction of sp³-hybridized carbons (Fsp3) is 0.0952. The molecule has 73 heavy (non-hydrogen) atoms. The Morgan fingerprint density at radius 1 is 0.315 bits per heavy atom. The third kappa shape index (κ3) is 11.3. The number of carboxylic acids is 3. The number of hydrogen-bond acceptors (Lipinski definition) is 9. The second kappa shape index (κ2) is 22.7. The minimum atomic E-state index is -1.15. The molecule has 3 heterocycles. The second-order valence-corrected chi connectivity index (χ2v) is 17.7. The predicted octanol–water partition coefficient (Wildman–Crippen LogP) is 10.0. The van der Waals surface area contributed by atoms with Crippen molar-refractivity contribution in [3.63, 3.8) is 0 Å². The maximum atomic E-state index is 11.8. The summed E-state index contributed by atoms with van der Waals surface area (Å²) in [6.45, 7) is 0. The number of aromatic carboxylic acids is 3. The third-order valence-corrected chi connectivity index (χ3v) is 13.1. The van der Waals surface area contributed by atoms with E-state index >= 15 is 0 Å². The van der Waals surface area contributed by atoms with Gasteiger partial charge in [-0.1, -0.05) is 164 Å². The zero-order chi connectivity index (χ0) is 49.6. The SMILES string of the molecule is O=C([O-])c1c(Cc2ccccc2)ccc2c1Cc1ccccc1O2.O=C([O-])c1c(Cc2ccccc2)ccc2c1Cc1ccccc1O2.O=C([O-])c1c(Cc2ccccc2)ccc2c1Cc1ccccc1O2.[Nd+3]. The summed E-state index contributed by atoms with van der Waals surface area (Å²) in [6, 6.07) is 63.6. The zero-order valence-electron chi connectivity index (χ0n) is 39.5. The standard InChI is InChI=1S/3C21H16O3.Nd/c3*22-21(23)20-16(12-14-6-2-1-3-7-14)10-11-19-17(20)13-15-8-4-5-9-18(15)24-19;/h3*1-11H,12-13H2,(H,22,23);/q;;;+3/p-3. The molecule has 355 valence electrons. The first-order chi connectivity index (χ1) is 35.2. The van der Waals surface area contributed by atoms with Crippen LogP contribution in [-0.2, 0) is 38.5 Å². The summed E-state index contributed by atoms with van der Waals surface area (Å²) in [5.74, 6) is 0.696. The van der Waals surface area contributed by atoms with E-state index in [0.717, 1.165) is 67.3 Å². The van der Waals surface area contributed by atoms with Gasteiger partial charge < -0.3 is 43.9 Å². The van der Waals surface area contributed by atoms with E-state index in [1.54, 1.807) is 0 Å². The van der Waals surface area contributed by atoms with Gasteiger partial charge in [-0.15, -0.1) is 0 Å². The molecule has 3 aliphatic heterocycles. The smallest absolute Gasteiger partial charge is 0.545 e. The van der Waals surface area contributed by atoms with Crippen molar-refractivity contribution in [1.29, 1.82) is 0 Å². The van der Waals surface area contributed by atoms with Gasteiger partial charge >= 0.3 is 40.8 Å². The van der Waals surface area contributed by atoms with Gasteiger partial charge in [0.1, 0.15) is 34.5 Å². The van der Waals surface area contributed by atoms with Crippen LogP contribution in [0.5, 0.6) is 34.5 Å². The monoisotopic (exact) mass is 1090 g/mol. The van der Waals surface area contributed by atoms with Gasteiger partial charge in [-0.3, -0.25) is 0 Å². The number of carbonyl (C=O) groups excluding carboxylic acids is 3. The van der Waals surface area contributed by atoms with Crippen LogP contribution in [0.1, 0.15) is 97.8 Å². The van der Waals surface area contributed by atoms with Gasteiger partial charge in [-0.25, -0.2) is 0 Å². The number of fused-ring (bicyclic) bond motifs is 6. The molecule has 0 saturated carbocycles. The Bertz CT molecular complexity index is 3120. The molecule has 0 bridgehead atoms. The minimum Gasteiger partial charge on any atom is -0.545 e. The molecule has 9 aromatic carbocycles. The Balaban J connectivity index is 0.000000134. The van der Waals surface area contributed by atoms with Crippen molar-refractivity contribution in [3.8, 4) is 34.5 Å². The summed E-state index contributed by atoms with van der Waals surface area (Å²) in [4.78, 5) is 35.5. The number of ether oxygens (including phenoxy) is 3. The first-order valence-electron chi connectivity index (χ1n) is 23.6. The molecule has 9 nitrogen and oxygen atoms in total. The molecule has 0 atom stereocenters. The van der Waals surface area contributed by atoms with Gasteiger partial charge in [0.05, 0.1) is 17.9 Å². The molecular formula is C63H45NdO9. The molecule has 0 aliphatic carbocycles. The van der Waals surface area contributed by atoms with Crippen LogP contribution in [0, 0.1) is 40.8 Å². The Hall–Kier alpha value is -7.86. The molecule has 12 rings (SSSR count). The van der Waals surface area contributed by atoms with E-state index in [2.05, 4.69) is 0 Å². The maximum Gasteiger partial charge on any atom is 3.00 e. The quantitative estimate of drug-likeness (QED) is 0.138. The molecule has 0 unspecified atom stereocenters. The topological polar surface area (TPSA) is 148 Å². The van der Waals surface area contributed by atoms with Crippen LogP contribution in [-0.4, -0.2) is 17.9 Å². The number of carboxylic acid groups (broad SMARTS) is 3. The molecule has 0 saturated heterocycles. The average Bonchev–Trinajstić information content (AvgIpc) is 3.40. The van der Waals surface area contributed by atoms with Crippen molar-refractivity contribution in [2.24, 2.45) is 0 Å². The van der Waals surface area contributed by atoms with Crippen LogP contribution in [0.2, 0.25) is 0 Å². The van der Waals surface area contributed by atoms with Crippen molar-refractivity contribution in [3.05, 3.63) is 284 Å². The zero-order valence-corrected chi connectivity index (χ0v) is 42.7. The summed E-state index contributed by atoms with van der Waals surface area (Å²) in [5.41, 5.74) is 11.3. The number of carbonyl (C=O) groups is 3. The first-order valence-corrected chi connectivity index (χ1v) is 23.6. The fourth-order valence-electron chi connectivity index (χ4n) is 9.67. The number of benzene rings is 9. The molecule has 10 heteroatoms. The van der Waals surface area contributed by atoms with Gasteiger partial charge in [0, 0.05) is 52.6 Å². The Kier molecular flexibility index (Phi) is 15.6. The number of para-hydroxylation sites is 3. The summed E-state index contributed by atoms with van der Waals surface area (Å²) >= 11 is 0. The van der Waals surface area contributed by atoms with E-state index < -0.39 is 17.9 Å². The third-order valence-electron chi connectivity index (χ3n) is 13.1. The molecule has 1 radical (unpaired) electrons. The van der Waals surface area contributed by atoms with Gasteiger partial charge in [0.15, 0.2) is 0 Å². The summed E-state index contributed by atoms with van der Waals surface area (Å²) in [7, 11) is 0. The van der Waals surface area contributed by atoms with Crippen LogP contribution in [0.3, 0.4) is 0 Å². The predicted molar refractivity (Wildman–Crippen MR) is 268 cm³/mol. The molecule has 9 aromatic rings. The fourth-order valence-corrected chi connectivity index (χ4v) is 9.67. The van der Waals surface area contributed by atoms with Crippen LogP contribution >= 0.6 is 0 Å². The van der Waals surface area contributed by atoms with Crippen LogP contribution in [0.25, 0.3) is 0 Å². The van der Waals surface area contributed by atoms with E-state index in [4.69, 9.17) is 14.2 Å². The molecule has 0 aromatic heterocycles. The van der Waals surface area contributed by atoms with Crippen LogP contribution < -0.4 is 29.5 Å². The van der Waals surface area contributed by atoms with E-state index in [9.17, 15) is 29.7 Å². The van der Waals surface area contributed by atoms with Gasteiger partial charge in [-0.05, 0) is 106 Å². The second-order valence-electron chi connectivity index (χ2n) is 17.7. The molecular weight excluding hydrogens is 1040 g/mol. The average molecular weight is 1090 g/mol. The normalized spacial score (nSPS) is 11.8. The summed E-state index contributed by atoms with van der Waals surface area (Å²) in [5, 5.41) is 35.5. The summed E-state index contributed by atoms with van der Waals surface area (Å²) in [6.07, 6.45) is 3.28. The Morgan fingerprint density at radius 3 is 0.822 bits per heavy atom. The van der Waals surface area contributed by atoms with E-state index in [-0.39, 0.29) is 57.5 Å². The van der Waals surface area contributed by atoms with Gasteiger partial charge in [-0.2, -0.15) is 0 Å². The molecule has 0 spiro atoms. The van der Waals surface area contributed by atoms with Crippen LogP contribution in [0.4, 0.5) is 0 Å². The van der Waals surface area contributed by atoms with E-state index in [1.165, 1.54) is 0 Å². The maximum absolute atomic E-state index is 11.8. The van der Waals surface area contributed by atoms with Crippen molar-refractivity contribution >= 4 is 17.9 Å².